The Morgan fingerprint density at radius 2 is 1.81 bits per heavy atom. The van der Waals surface area contributed by atoms with Crippen molar-refractivity contribution in [1.82, 2.24) is 4.98 Å². The van der Waals surface area contributed by atoms with E-state index in [1.165, 1.54) is 0 Å². The van der Waals surface area contributed by atoms with Crippen LogP contribution in [0.2, 0.25) is 0 Å². The summed E-state index contributed by atoms with van der Waals surface area (Å²) in [5.41, 5.74) is 8.27. The van der Waals surface area contributed by atoms with Gasteiger partial charge in [-0.2, -0.15) is 0 Å². The minimum atomic E-state index is -4.01. The number of H-pyrrole nitrogens is 1. The second-order valence-electron chi connectivity index (χ2n) is 5.82. The summed E-state index contributed by atoms with van der Waals surface area (Å²) in [6.07, 6.45) is 1.85. The molecule has 1 fully saturated rings. The number of hydrogen-bond donors (Lipinski definition) is 2. The molecule has 3 aromatic rings. The molecule has 0 saturated carbocycles. The molecule has 136 valence electrons. The molecule has 0 spiro atoms. The Morgan fingerprint density at radius 3 is 2.59 bits per heavy atom. The maximum absolute atomic E-state index is 12.4. The summed E-state index contributed by atoms with van der Waals surface area (Å²) in [5.74, 6) is 0. The van der Waals surface area contributed by atoms with Crippen molar-refractivity contribution in [3.8, 4) is 0 Å². The van der Waals surface area contributed by atoms with Crippen LogP contribution in [0.1, 0.15) is 12.5 Å². The molecule has 8 nitrogen and oxygen atoms in total. The van der Waals surface area contributed by atoms with Crippen molar-refractivity contribution >= 4 is 48.5 Å². The van der Waals surface area contributed by atoms with Crippen molar-refractivity contribution in [2.24, 2.45) is 15.9 Å². The molecule has 1 aliphatic heterocycles. The van der Waals surface area contributed by atoms with E-state index in [4.69, 9.17) is 17.7 Å². The third kappa shape index (κ3) is 3.57. The summed E-state index contributed by atoms with van der Waals surface area (Å²) in [5, 5.41) is 8.95. The normalized spacial score (nSPS) is 17.0. The first-order valence-corrected chi connectivity index (χ1v) is 11.4. The molecular formula is C17H16AsBN4O4. The molecule has 10 heteroatoms. The van der Waals surface area contributed by atoms with E-state index < -0.39 is 21.5 Å². The van der Waals surface area contributed by atoms with Crippen LogP contribution < -0.4 is 10.1 Å². The van der Waals surface area contributed by atoms with Crippen molar-refractivity contribution < 1.29 is 15.7 Å². The number of aromatic amines is 1. The van der Waals surface area contributed by atoms with E-state index in [0.717, 1.165) is 16.5 Å². The van der Waals surface area contributed by atoms with E-state index in [-0.39, 0.29) is 6.02 Å². The number of hydrogen-bond acceptors (Lipinski definition) is 6. The van der Waals surface area contributed by atoms with Crippen LogP contribution in [0.3, 0.4) is 0 Å². The van der Waals surface area contributed by atoms with Gasteiger partial charge in [-0.1, -0.05) is 0 Å². The van der Waals surface area contributed by atoms with Gasteiger partial charge < -0.3 is 0 Å². The second kappa shape index (κ2) is 7.11. The van der Waals surface area contributed by atoms with Gasteiger partial charge in [0.25, 0.3) is 0 Å². The molecule has 0 unspecified atom stereocenters. The molecule has 0 bridgehead atoms. The Balaban J connectivity index is 1.40. The first-order chi connectivity index (χ1) is 13.0. The SMILES string of the molecule is C/C(=N\N=C(\N)OB1O[As](=O)(c2ccccc2)O1)c1c[nH]c2ccccc12. The predicted molar refractivity (Wildman–Crippen MR) is 104 cm³/mol. The average Bonchev–Trinajstić information content (AvgIpc) is 3.10. The standard InChI is InChI=1S/C17H16AsBN4O4/c1-12(15-11-21-16-10-6-5-9-14(15)16)22-23-17(20)25-19-26-18(24,27-19)13-7-3-2-4-8-13/h2-11,21H,1H3,(H2,20,23)/b22-12+. The molecule has 0 radical (unpaired) electrons. The summed E-state index contributed by atoms with van der Waals surface area (Å²) < 4.78 is 28.7. The number of para-hydroxylation sites is 1. The van der Waals surface area contributed by atoms with Crippen LogP contribution in [-0.2, 0) is 15.7 Å². The van der Waals surface area contributed by atoms with Gasteiger partial charge in [-0.15, -0.1) is 0 Å². The number of aromatic nitrogens is 1. The summed E-state index contributed by atoms with van der Waals surface area (Å²) in [6, 6.07) is 16.3. The van der Waals surface area contributed by atoms with Gasteiger partial charge >= 0.3 is 158 Å². The Bertz CT molecular complexity index is 1070. The first-order valence-electron chi connectivity index (χ1n) is 8.18. The summed E-state index contributed by atoms with van der Waals surface area (Å²) in [6.45, 7) is 1.81. The van der Waals surface area contributed by atoms with Crippen molar-refractivity contribution in [2.45, 2.75) is 6.92 Å². The number of amidine groups is 1. The van der Waals surface area contributed by atoms with E-state index in [1.807, 2.05) is 43.5 Å². The van der Waals surface area contributed by atoms with Gasteiger partial charge in [0.1, 0.15) is 0 Å². The zero-order valence-corrected chi connectivity index (χ0v) is 16.3. The van der Waals surface area contributed by atoms with Crippen molar-refractivity contribution in [2.75, 3.05) is 0 Å². The molecular weight excluding hydrogens is 410 g/mol. The van der Waals surface area contributed by atoms with Crippen molar-refractivity contribution in [3.63, 3.8) is 0 Å². The molecule has 2 heterocycles. The molecule has 1 aromatic heterocycles. The Labute approximate surface area is 158 Å². The fourth-order valence-electron chi connectivity index (χ4n) is 2.68. The molecule has 0 atom stereocenters. The molecule has 0 amide bonds. The zero-order valence-electron chi connectivity index (χ0n) is 14.4. The predicted octanol–water partition coefficient (Wildman–Crippen LogP) is 1.53. The summed E-state index contributed by atoms with van der Waals surface area (Å²) >= 11 is -4.01. The molecule has 1 saturated heterocycles. The number of rotatable bonds is 4. The van der Waals surface area contributed by atoms with Crippen LogP contribution in [0.4, 0.5) is 0 Å². The van der Waals surface area contributed by atoms with E-state index in [9.17, 15) is 3.74 Å². The van der Waals surface area contributed by atoms with Crippen LogP contribution in [0, 0.1) is 0 Å². The number of nitrogens with one attached hydrogen (secondary N) is 1. The fourth-order valence-corrected chi connectivity index (χ4v) is 5.48. The Hall–Kier alpha value is -2.74. The third-order valence-corrected chi connectivity index (χ3v) is 7.86. The maximum atomic E-state index is 12.4. The Morgan fingerprint density at radius 1 is 1.11 bits per heavy atom. The topological polar surface area (TPSA) is 111 Å². The van der Waals surface area contributed by atoms with Crippen molar-refractivity contribution in [1.29, 1.82) is 0 Å². The van der Waals surface area contributed by atoms with Crippen LogP contribution in [0.25, 0.3) is 10.9 Å². The van der Waals surface area contributed by atoms with Crippen LogP contribution in [-0.4, -0.2) is 38.2 Å². The van der Waals surface area contributed by atoms with Crippen LogP contribution in [0.5, 0.6) is 0 Å². The molecule has 4 rings (SSSR count). The number of nitrogens with two attached hydrogens (primary N) is 1. The van der Waals surface area contributed by atoms with Crippen LogP contribution in [0.15, 0.2) is 71.0 Å². The van der Waals surface area contributed by atoms with Gasteiger partial charge in [0.05, 0.1) is 0 Å². The summed E-state index contributed by atoms with van der Waals surface area (Å²) in [7, 11) is -1.15. The second-order valence-corrected chi connectivity index (χ2v) is 9.88. The number of benzene rings is 2. The molecule has 1 aliphatic rings. The van der Waals surface area contributed by atoms with E-state index in [0.29, 0.717) is 10.1 Å². The van der Waals surface area contributed by atoms with E-state index >= 15 is 0 Å². The third-order valence-electron chi connectivity index (χ3n) is 4.02. The van der Waals surface area contributed by atoms with E-state index in [2.05, 4.69) is 15.2 Å². The van der Waals surface area contributed by atoms with Gasteiger partial charge in [0.15, 0.2) is 0 Å². The number of nitrogens with zero attached hydrogens (tertiary/aromatic N) is 2. The average molecular weight is 426 g/mol. The van der Waals surface area contributed by atoms with Crippen LogP contribution >= 0.6 is 0 Å². The van der Waals surface area contributed by atoms with Gasteiger partial charge in [0, 0.05) is 0 Å². The van der Waals surface area contributed by atoms with Gasteiger partial charge in [0.2, 0.25) is 0 Å². The molecule has 2 aromatic carbocycles. The Kier molecular flexibility index (Phi) is 4.65. The molecule has 27 heavy (non-hydrogen) atoms. The summed E-state index contributed by atoms with van der Waals surface area (Å²) in [4.78, 5) is 3.17. The molecule has 3 N–H and O–H groups in total. The van der Waals surface area contributed by atoms with Crippen molar-refractivity contribution in [3.05, 3.63) is 66.4 Å². The van der Waals surface area contributed by atoms with Gasteiger partial charge in [-0.25, -0.2) is 0 Å². The van der Waals surface area contributed by atoms with Gasteiger partial charge in [-0.05, 0) is 0 Å². The monoisotopic (exact) mass is 426 g/mol. The number of fused-ring (bicyclic) bond motifs is 1. The van der Waals surface area contributed by atoms with E-state index in [1.54, 1.807) is 24.3 Å². The quantitative estimate of drug-likeness (QED) is 0.285. The minimum absolute atomic E-state index is 0.242. The fraction of sp³-hybridized carbons (Fsp3) is 0.0588. The molecule has 0 aliphatic carbocycles. The first kappa shape index (κ1) is 17.7. The van der Waals surface area contributed by atoms with Gasteiger partial charge in [-0.3, -0.25) is 0 Å². The zero-order chi connectivity index (χ0) is 18.9.